The van der Waals surface area contributed by atoms with Crippen molar-refractivity contribution in [1.29, 1.82) is 0 Å². The van der Waals surface area contributed by atoms with Crippen LogP contribution in [0.25, 0.3) is 0 Å². The average Bonchev–Trinajstić information content (AvgIpc) is 2.43. The molecule has 0 atom stereocenters. The molecule has 1 fully saturated rings. The maximum atomic E-state index is 14.0. The van der Waals surface area contributed by atoms with Gasteiger partial charge in [-0.15, -0.1) is 0 Å². The van der Waals surface area contributed by atoms with Crippen molar-refractivity contribution >= 4 is 15.9 Å². The molecule has 1 aromatic rings. The second-order valence-electron chi connectivity index (χ2n) is 6.70. The molecule has 0 spiro atoms. The van der Waals surface area contributed by atoms with E-state index in [0.29, 0.717) is 6.54 Å². The summed E-state index contributed by atoms with van der Waals surface area (Å²) in [6.07, 6.45) is 5.46. The van der Waals surface area contributed by atoms with Crippen molar-refractivity contribution in [3.05, 3.63) is 34.1 Å². The van der Waals surface area contributed by atoms with Gasteiger partial charge in [-0.3, -0.25) is 0 Å². The summed E-state index contributed by atoms with van der Waals surface area (Å²) in [5, 5.41) is 0. The predicted octanol–water partition coefficient (Wildman–Crippen LogP) is 4.92. The van der Waals surface area contributed by atoms with Gasteiger partial charge in [0.25, 0.3) is 0 Å². The Balaban J connectivity index is 2.11. The minimum absolute atomic E-state index is 0.0903. The van der Waals surface area contributed by atoms with Crippen LogP contribution in [0.4, 0.5) is 4.39 Å². The molecular formula is C17H25BrFN. The second-order valence-corrected chi connectivity index (χ2v) is 7.61. The van der Waals surface area contributed by atoms with Gasteiger partial charge in [-0.25, -0.2) is 4.39 Å². The Labute approximate surface area is 130 Å². The van der Waals surface area contributed by atoms with E-state index in [2.05, 4.69) is 29.8 Å². The average molecular weight is 342 g/mol. The Morgan fingerprint density at radius 1 is 1.35 bits per heavy atom. The second kappa shape index (κ2) is 6.57. The zero-order valence-electron chi connectivity index (χ0n) is 12.5. The summed E-state index contributed by atoms with van der Waals surface area (Å²) in [4.78, 5) is 0. The van der Waals surface area contributed by atoms with Crippen molar-refractivity contribution < 1.29 is 4.39 Å². The summed E-state index contributed by atoms with van der Waals surface area (Å²) in [5.74, 6) is 1.45. The van der Waals surface area contributed by atoms with Gasteiger partial charge in [-0.2, -0.15) is 0 Å². The van der Waals surface area contributed by atoms with Crippen molar-refractivity contribution in [3.8, 4) is 0 Å². The highest BCUT2D eigenvalue weighted by Crippen LogP contribution is 2.43. The number of nitrogens with two attached hydrogens (primary N) is 1. The third-order valence-corrected chi connectivity index (χ3v) is 5.53. The van der Waals surface area contributed by atoms with E-state index in [-0.39, 0.29) is 11.2 Å². The van der Waals surface area contributed by atoms with Gasteiger partial charge in [0.05, 0.1) is 0 Å². The maximum absolute atomic E-state index is 14.0. The molecule has 0 amide bonds. The highest BCUT2D eigenvalue weighted by molar-refractivity contribution is 9.10. The van der Waals surface area contributed by atoms with Crippen LogP contribution in [0.1, 0.15) is 45.1 Å². The van der Waals surface area contributed by atoms with E-state index in [4.69, 9.17) is 5.73 Å². The quantitative estimate of drug-likeness (QED) is 0.826. The van der Waals surface area contributed by atoms with Gasteiger partial charge in [0.2, 0.25) is 0 Å². The molecule has 112 valence electrons. The molecule has 2 N–H and O–H groups in total. The lowest BCUT2D eigenvalue weighted by Gasteiger charge is -2.41. The van der Waals surface area contributed by atoms with E-state index in [1.807, 2.05) is 6.07 Å². The van der Waals surface area contributed by atoms with Gasteiger partial charge >= 0.3 is 0 Å². The van der Waals surface area contributed by atoms with Crippen LogP contribution in [-0.2, 0) is 6.42 Å². The first kappa shape index (κ1) is 16.0. The predicted molar refractivity (Wildman–Crippen MR) is 86.1 cm³/mol. The molecule has 2 rings (SSSR count). The first-order valence-corrected chi connectivity index (χ1v) is 8.39. The van der Waals surface area contributed by atoms with E-state index in [1.165, 1.54) is 12.8 Å². The first-order chi connectivity index (χ1) is 9.46. The molecule has 20 heavy (non-hydrogen) atoms. The van der Waals surface area contributed by atoms with Crippen molar-refractivity contribution in [3.63, 3.8) is 0 Å². The number of hydrogen-bond donors (Lipinski definition) is 1. The smallest absolute Gasteiger partial charge is 0.126 e. The van der Waals surface area contributed by atoms with Crippen LogP contribution in [0.2, 0.25) is 0 Å². The summed E-state index contributed by atoms with van der Waals surface area (Å²) in [7, 11) is 0. The van der Waals surface area contributed by atoms with Gasteiger partial charge < -0.3 is 5.73 Å². The highest BCUT2D eigenvalue weighted by atomic mass is 79.9. The SMILES string of the molecule is CC(C)C1CCC(CN)(Cc2cc(Br)ccc2F)CC1. The highest BCUT2D eigenvalue weighted by Gasteiger charge is 2.35. The van der Waals surface area contributed by atoms with Crippen LogP contribution >= 0.6 is 15.9 Å². The standard InChI is InChI=1S/C17H25BrFN/c1-12(2)13-5-7-17(11-20,8-6-13)10-14-9-15(18)3-4-16(14)19/h3-4,9,12-13H,5-8,10-11,20H2,1-2H3. The van der Waals surface area contributed by atoms with E-state index >= 15 is 0 Å². The Hall–Kier alpha value is -0.410. The summed E-state index contributed by atoms with van der Waals surface area (Å²) >= 11 is 3.43. The lowest BCUT2D eigenvalue weighted by atomic mass is 9.65. The normalized spacial score (nSPS) is 27.0. The van der Waals surface area contributed by atoms with E-state index in [1.54, 1.807) is 12.1 Å². The van der Waals surface area contributed by atoms with Crippen LogP contribution in [0.5, 0.6) is 0 Å². The Morgan fingerprint density at radius 3 is 2.55 bits per heavy atom. The molecule has 1 aliphatic carbocycles. The molecule has 0 bridgehead atoms. The topological polar surface area (TPSA) is 26.0 Å². The van der Waals surface area contributed by atoms with Gasteiger partial charge in [0.1, 0.15) is 5.82 Å². The van der Waals surface area contributed by atoms with Crippen molar-refractivity contribution in [2.75, 3.05) is 6.54 Å². The van der Waals surface area contributed by atoms with Crippen LogP contribution in [-0.4, -0.2) is 6.54 Å². The van der Waals surface area contributed by atoms with E-state index in [9.17, 15) is 4.39 Å². The molecule has 1 aliphatic rings. The van der Waals surface area contributed by atoms with Gasteiger partial charge in [0.15, 0.2) is 0 Å². The molecule has 0 radical (unpaired) electrons. The lowest BCUT2D eigenvalue weighted by Crippen LogP contribution is -2.38. The third-order valence-electron chi connectivity index (χ3n) is 5.04. The minimum Gasteiger partial charge on any atom is -0.330 e. The van der Waals surface area contributed by atoms with Crippen molar-refractivity contribution in [2.45, 2.75) is 46.0 Å². The molecule has 1 nitrogen and oxygen atoms in total. The molecule has 1 saturated carbocycles. The summed E-state index contributed by atoms with van der Waals surface area (Å²) < 4.78 is 14.9. The minimum atomic E-state index is -0.105. The Bertz CT molecular complexity index is 450. The summed E-state index contributed by atoms with van der Waals surface area (Å²) in [6.45, 7) is 5.26. The molecule has 0 aliphatic heterocycles. The number of benzene rings is 1. The number of rotatable bonds is 4. The van der Waals surface area contributed by atoms with Gasteiger partial charge in [0, 0.05) is 4.47 Å². The van der Waals surface area contributed by atoms with E-state index in [0.717, 1.165) is 41.1 Å². The zero-order valence-corrected chi connectivity index (χ0v) is 14.0. The molecule has 0 unspecified atom stereocenters. The van der Waals surface area contributed by atoms with E-state index < -0.39 is 0 Å². The van der Waals surface area contributed by atoms with Crippen LogP contribution in [0, 0.1) is 23.1 Å². The van der Waals surface area contributed by atoms with Gasteiger partial charge in [-0.1, -0.05) is 29.8 Å². The molecule has 3 heteroatoms. The molecule has 0 aromatic heterocycles. The van der Waals surface area contributed by atoms with Crippen molar-refractivity contribution in [2.24, 2.45) is 23.0 Å². The fourth-order valence-electron chi connectivity index (χ4n) is 3.46. The van der Waals surface area contributed by atoms with Crippen LogP contribution < -0.4 is 5.73 Å². The molecular weight excluding hydrogens is 317 g/mol. The summed E-state index contributed by atoms with van der Waals surface area (Å²) in [5.41, 5.74) is 6.95. The summed E-state index contributed by atoms with van der Waals surface area (Å²) in [6, 6.07) is 5.20. The molecule has 0 heterocycles. The fourth-order valence-corrected chi connectivity index (χ4v) is 3.86. The zero-order chi connectivity index (χ0) is 14.8. The monoisotopic (exact) mass is 341 g/mol. The van der Waals surface area contributed by atoms with Crippen molar-refractivity contribution in [1.82, 2.24) is 0 Å². The number of hydrogen-bond acceptors (Lipinski definition) is 1. The Morgan fingerprint density at radius 2 is 2.00 bits per heavy atom. The molecule has 1 aromatic carbocycles. The van der Waals surface area contributed by atoms with Gasteiger partial charge in [-0.05, 0) is 79.7 Å². The number of halogens is 2. The van der Waals surface area contributed by atoms with Crippen LogP contribution in [0.15, 0.2) is 22.7 Å². The molecule has 0 saturated heterocycles. The van der Waals surface area contributed by atoms with Crippen LogP contribution in [0.3, 0.4) is 0 Å². The fraction of sp³-hybridized carbons (Fsp3) is 0.647. The maximum Gasteiger partial charge on any atom is 0.126 e. The largest absolute Gasteiger partial charge is 0.330 e. The lowest BCUT2D eigenvalue weighted by molar-refractivity contribution is 0.131. The Kier molecular flexibility index (Phi) is 5.25. The third kappa shape index (κ3) is 3.62. The first-order valence-electron chi connectivity index (χ1n) is 7.60.